The highest BCUT2D eigenvalue weighted by Gasteiger charge is 2.41. The SMILES string of the molecule is COc1ccc2c(c1)C(N1C(=O)c3ccccc3C1=O)CNC2.Cl. The summed E-state index contributed by atoms with van der Waals surface area (Å²) in [5.74, 6) is 0.272. The molecule has 5 nitrogen and oxygen atoms in total. The zero-order valence-electron chi connectivity index (χ0n) is 13.1. The summed E-state index contributed by atoms with van der Waals surface area (Å²) in [4.78, 5) is 26.8. The van der Waals surface area contributed by atoms with E-state index in [9.17, 15) is 9.59 Å². The van der Waals surface area contributed by atoms with Gasteiger partial charge in [0.05, 0.1) is 24.3 Å². The zero-order valence-corrected chi connectivity index (χ0v) is 13.9. The van der Waals surface area contributed by atoms with Gasteiger partial charge >= 0.3 is 0 Å². The fourth-order valence-electron chi connectivity index (χ4n) is 3.35. The van der Waals surface area contributed by atoms with E-state index < -0.39 is 0 Å². The summed E-state index contributed by atoms with van der Waals surface area (Å²) >= 11 is 0. The molecule has 6 heteroatoms. The lowest BCUT2D eigenvalue weighted by molar-refractivity contribution is 0.0574. The van der Waals surface area contributed by atoms with Crippen molar-refractivity contribution in [3.05, 3.63) is 64.7 Å². The molecule has 1 N–H and O–H groups in total. The molecule has 4 rings (SSSR count). The molecule has 2 aromatic carbocycles. The van der Waals surface area contributed by atoms with Gasteiger partial charge in [-0.25, -0.2) is 0 Å². The Labute approximate surface area is 146 Å². The molecule has 0 aliphatic carbocycles. The van der Waals surface area contributed by atoms with Crippen molar-refractivity contribution in [2.45, 2.75) is 12.6 Å². The minimum absolute atomic E-state index is 0. The molecular weight excluding hydrogens is 328 g/mol. The number of benzene rings is 2. The van der Waals surface area contributed by atoms with Crippen molar-refractivity contribution in [1.82, 2.24) is 10.2 Å². The number of nitrogens with zero attached hydrogens (tertiary/aromatic N) is 1. The van der Waals surface area contributed by atoms with Crippen LogP contribution in [0.2, 0.25) is 0 Å². The van der Waals surface area contributed by atoms with Gasteiger partial charge in [0.15, 0.2) is 0 Å². The summed E-state index contributed by atoms with van der Waals surface area (Å²) in [5.41, 5.74) is 3.01. The van der Waals surface area contributed by atoms with Gasteiger partial charge in [0.25, 0.3) is 11.8 Å². The first-order valence-electron chi connectivity index (χ1n) is 7.55. The van der Waals surface area contributed by atoms with E-state index in [2.05, 4.69) is 5.32 Å². The van der Waals surface area contributed by atoms with Gasteiger partial charge in [-0.1, -0.05) is 18.2 Å². The molecule has 1 atom stereocenters. The van der Waals surface area contributed by atoms with E-state index >= 15 is 0 Å². The number of carbonyl (C=O) groups excluding carboxylic acids is 2. The number of hydrogen-bond acceptors (Lipinski definition) is 4. The Kier molecular flexibility index (Phi) is 4.30. The average molecular weight is 345 g/mol. The smallest absolute Gasteiger partial charge is 0.262 e. The number of ether oxygens (including phenoxy) is 1. The number of amides is 2. The predicted molar refractivity (Wildman–Crippen MR) is 91.6 cm³/mol. The van der Waals surface area contributed by atoms with Gasteiger partial charge in [-0.3, -0.25) is 14.5 Å². The van der Waals surface area contributed by atoms with Gasteiger partial charge in [-0.05, 0) is 35.4 Å². The van der Waals surface area contributed by atoms with Crippen LogP contribution in [0.4, 0.5) is 0 Å². The molecule has 0 fully saturated rings. The van der Waals surface area contributed by atoms with E-state index in [1.54, 1.807) is 31.4 Å². The van der Waals surface area contributed by atoms with Crippen LogP contribution in [0.25, 0.3) is 0 Å². The van der Waals surface area contributed by atoms with Crippen molar-refractivity contribution in [2.24, 2.45) is 0 Å². The standard InChI is InChI=1S/C18H16N2O3.ClH/c1-23-12-7-6-11-9-19-10-16(15(11)8-12)20-17(21)13-4-2-3-5-14(13)18(20)22;/h2-8,16,19H,9-10H2,1H3;1H. The van der Waals surface area contributed by atoms with Crippen LogP contribution in [0, 0.1) is 0 Å². The third kappa shape index (κ3) is 2.37. The molecule has 0 spiro atoms. The van der Waals surface area contributed by atoms with Crippen LogP contribution < -0.4 is 10.1 Å². The monoisotopic (exact) mass is 344 g/mol. The van der Waals surface area contributed by atoms with Gasteiger partial charge in [-0.2, -0.15) is 0 Å². The lowest BCUT2D eigenvalue weighted by Gasteiger charge is -2.32. The second-order valence-electron chi connectivity index (χ2n) is 5.74. The second kappa shape index (κ2) is 6.26. The maximum atomic E-state index is 12.7. The molecule has 2 heterocycles. The number of nitrogens with one attached hydrogen (secondary N) is 1. The van der Waals surface area contributed by atoms with Crippen molar-refractivity contribution in [3.63, 3.8) is 0 Å². The molecule has 0 saturated carbocycles. The van der Waals surface area contributed by atoms with Gasteiger partial charge in [0.2, 0.25) is 0 Å². The Morgan fingerprint density at radius 1 is 1.08 bits per heavy atom. The highest BCUT2D eigenvalue weighted by molar-refractivity contribution is 6.21. The summed E-state index contributed by atoms with van der Waals surface area (Å²) in [7, 11) is 1.61. The Bertz CT molecular complexity index is 787. The number of imide groups is 1. The first-order chi connectivity index (χ1) is 11.2. The number of rotatable bonds is 2. The molecule has 0 radical (unpaired) electrons. The Morgan fingerprint density at radius 3 is 2.38 bits per heavy atom. The Hall–Kier alpha value is -2.37. The topological polar surface area (TPSA) is 58.6 Å². The number of carbonyl (C=O) groups is 2. The number of hydrogen-bond donors (Lipinski definition) is 1. The molecule has 2 aromatic rings. The first-order valence-corrected chi connectivity index (χ1v) is 7.55. The highest BCUT2D eigenvalue weighted by atomic mass is 35.5. The highest BCUT2D eigenvalue weighted by Crippen LogP contribution is 2.35. The van der Waals surface area contributed by atoms with E-state index in [0.717, 1.165) is 23.4 Å². The van der Waals surface area contributed by atoms with E-state index in [1.165, 1.54) is 4.90 Å². The minimum Gasteiger partial charge on any atom is -0.497 e. The fraction of sp³-hybridized carbons (Fsp3) is 0.222. The van der Waals surface area contributed by atoms with E-state index in [4.69, 9.17) is 4.74 Å². The number of halogens is 1. The van der Waals surface area contributed by atoms with Crippen LogP contribution in [0.1, 0.15) is 37.9 Å². The van der Waals surface area contributed by atoms with Crippen molar-refractivity contribution in [2.75, 3.05) is 13.7 Å². The first kappa shape index (κ1) is 16.5. The van der Waals surface area contributed by atoms with Crippen molar-refractivity contribution in [3.8, 4) is 5.75 Å². The summed E-state index contributed by atoms with van der Waals surface area (Å²) in [6.45, 7) is 1.27. The maximum absolute atomic E-state index is 12.7. The Morgan fingerprint density at radius 2 is 1.75 bits per heavy atom. The van der Waals surface area contributed by atoms with Crippen LogP contribution in [0.5, 0.6) is 5.75 Å². The van der Waals surface area contributed by atoms with Crippen LogP contribution in [-0.2, 0) is 6.54 Å². The molecule has 124 valence electrons. The fourth-order valence-corrected chi connectivity index (χ4v) is 3.35. The third-order valence-corrected chi connectivity index (χ3v) is 4.50. The molecular formula is C18H17ClN2O3. The van der Waals surface area contributed by atoms with Crippen molar-refractivity contribution >= 4 is 24.2 Å². The minimum atomic E-state index is -0.318. The van der Waals surface area contributed by atoms with Crippen LogP contribution >= 0.6 is 12.4 Å². The summed E-state index contributed by atoms with van der Waals surface area (Å²) in [6.07, 6.45) is 0. The molecule has 2 aliphatic heterocycles. The second-order valence-corrected chi connectivity index (χ2v) is 5.74. The lowest BCUT2D eigenvalue weighted by atomic mass is 9.95. The molecule has 0 aromatic heterocycles. The van der Waals surface area contributed by atoms with Crippen LogP contribution in [-0.4, -0.2) is 30.4 Å². The lowest BCUT2D eigenvalue weighted by Crippen LogP contribution is -2.42. The quantitative estimate of drug-likeness (QED) is 0.851. The van der Waals surface area contributed by atoms with E-state index in [1.807, 2.05) is 18.2 Å². The maximum Gasteiger partial charge on any atom is 0.262 e. The summed E-state index contributed by atoms with van der Waals surface area (Å²) in [5, 5.41) is 3.29. The third-order valence-electron chi connectivity index (χ3n) is 4.50. The zero-order chi connectivity index (χ0) is 16.0. The summed E-state index contributed by atoms with van der Waals surface area (Å²) in [6, 6.07) is 12.5. The molecule has 1 unspecified atom stereocenters. The normalized spacial score (nSPS) is 18.7. The van der Waals surface area contributed by atoms with E-state index in [0.29, 0.717) is 17.7 Å². The van der Waals surface area contributed by atoms with Crippen LogP contribution in [0.15, 0.2) is 42.5 Å². The number of methoxy groups -OCH3 is 1. The predicted octanol–water partition coefficient (Wildman–Crippen LogP) is 2.56. The molecule has 2 amide bonds. The van der Waals surface area contributed by atoms with Crippen molar-refractivity contribution < 1.29 is 14.3 Å². The average Bonchev–Trinajstić information content (AvgIpc) is 2.85. The van der Waals surface area contributed by atoms with Gasteiger partial charge < -0.3 is 10.1 Å². The largest absolute Gasteiger partial charge is 0.497 e. The van der Waals surface area contributed by atoms with E-state index in [-0.39, 0.29) is 30.3 Å². The van der Waals surface area contributed by atoms with Crippen molar-refractivity contribution in [1.29, 1.82) is 0 Å². The van der Waals surface area contributed by atoms with Gasteiger partial charge in [0, 0.05) is 13.1 Å². The van der Waals surface area contributed by atoms with Gasteiger partial charge in [-0.15, -0.1) is 12.4 Å². The molecule has 24 heavy (non-hydrogen) atoms. The molecule has 0 saturated heterocycles. The Balaban J connectivity index is 0.00000169. The molecule has 0 bridgehead atoms. The van der Waals surface area contributed by atoms with Crippen LogP contribution in [0.3, 0.4) is 0 Å². The summed E-state index contributed by atoms with van der Waals surface area (Å²) < 4.78 is 5.30. The van der Waals surface area contributed by atoms with Gasteiger partial charge in [0.1, 0.15) is 5.75 Å². The molecule has 2 aliphatic rings. The number of fused-ring (bicyclic) bond motifs is 2.